The molecule has 0 aromatic rings. The lowest BCUT2D eigenvalue weighted by Gasteiger charge is -2.28. The van der Waals surface area contributed by atoms with Gasteiger partial charge in [0.25, 0.3) is 0 Å². The lowest BCUT2D eigenvalue weighted by molar-refractivity contribution is 0.0706. The van der Waals surface area contributed by atoms with Gasteiger partial charge in [-0.25, -0.2) is 0 Å². The van der Waals surface area contributed by atoms with Crippen molar-refractivity contribution in [3.8, 4) is 0 Å². The molecule has 0 saturated heterocycles. The normalized spacial score (nSPS) is 12.7. The summed E-state index contributed by atoms with van der Waals surface area (Å²) >= 11 is 0. The standard InChI is InChI=1S/C18H42O5Si2/c1-7-19-24(6,20-8-2)17-15-13-12-14-16-18-25(21-9-3,22-10-4)23-11-5/h7-18H2,1-6H3. The quantitative estimate of drug-likeness (QED) is 0.238. The van der Waals surface area contributed by atoms with Gasteiger partial charge in [0, 0.05) is 39.1 Å². The van der Waals surface area contributed by atoms with Crippen LogP contribution in [0.3, 0.4) is 0 Å². The highest BCUT2D eigenvalue weighted by atomic mass is 28.4. The maximum atomic E-state index is 5.90. The number of hydrogen-bond acceptors (Lipinski definition) is 5. The maximum absolute atomic E-state index is 5.90. The van der Waals surface area contributed by atoms with E-state index in [2.05, 4.69) is 20.4 Å². The first kappa shape index (κ1) is 25.2. The van der Waals surface area contributed by atoms with Gasteiger partial charge >= 0.3 is 17.4 Å². The summed E-state index contributed by atoms with van der Waals surface area (Å²) in [5.41, 5.74) is 0. The average molecular weight is 395 g/mol. The smallest absolute Gasteiger partial charge is 0.395 e. The first-order valence-electron chi connectivity index (χ1n) is 10.2. The second-order valence-electron chi connectivity index (χ2n) is 6.25. The Morgan fingerprint density at radius 3 is 1.24 bits per heavy atom. The summed E-state index contributed by atoms with van der Waals surface area (Å²) in [7, 11) is -4.38. The van der Waals surface area contributed by atoms with Crippen molar-refractivity contribution in [3.63, 3.8) is 0 Å². The molecule has 0 aliphatic rings. The predicted molar refractivity (Wildman–Crippen MR) is 108 cm³/mol. The molecule has 0 saturated carbocycles. The lowest BCUT2D eigenvalue weighted by Crippen LogP contribution is -2.45. The van der Waals surface area contributed by atoms with Crippen LogP contribution in [0.25, 0.3) is 0 Å². The van der Waals surface area contributed by atoms with Crippen molar-refractivity contribution in [1.29, 1.82) is 0 Å². The first-order chi connectivity index (χ1) is 12.0. The molecule has 0 bridgehead atoms. The zero-order valence-corrected chi connectivity index (χ0v) is 19.5. The Labute approximate surface area is 158 Å². The molecule has 0 spiro atoms. The van der Waals surface area contributed by atoms with Gasteiger partial charge in [-0.2, -0.15) is 0 Å². The summed E-state index contributed by atoms with van der Waals surface area (Å²) in [5.74, 6) is 0. The van der Waals surface area contributed by atoms with E-state index in [1.165, 1.54) is 25.7 Å². The molecule has 0 unspecified atom stereocenters. The van der Waals surface area contributed by atoms with Crippen LogP contribution in [0.1, 0.15) is 66.7 Å². The first-order valence-corrected chi connectivity index (χ1v) is 14.7. The Kier molecular flexibility index (Phi) is 15.5. The summed E-state index contributed by atoms with van der Waals surface area (Å²) < 4.78 is 29.5. The second-order valence-corrected chi connectivity index (χ2v) is 12.3. The number of rotatable bonds is 18. The minimum atomic E-state index is -2.45. The molecule has 0 aromatic carbocycles. The third-order valence-corrected chi connectivity index (χ3v) is 10.3. The van der Waals surface area contributed by atoms with E-state index in [9.17, 15) is 0 Å². The van der Waals surface area contributed by atoms with Crippen LogP contribution in [0.5, 0.6) is 0 Å². The molecular formula is C18H42O5Si2. The van der Waals surface area contributed by atoms with Gasteiger partial charge in [-0.3, -0.25) is 0 Å². The van der Waals surface area contributed by atoms with Crippen LogP contribution in [0.4, 0.5) is 0 Å². The number of hydrogen-bond donors (Lipinski definition) is 0. The van der Waals surface area contributed by atoms with Crippen LogP contribution < -0.4 is 0 Å². The molecule has 5 nitrogen and oxygen atoms in total. The Morgan fingerprint density at radius 2 is 0.840 bits per heavy atom. The summed E-state index contributed by atoms with van der Waals surface area (Å²) in [6.45, 7) is 15.8. The van der Waals surface area contributed by atoms with Gasteiger partial charge in [-0.05, 0) is 53.6 Å². The lowest BCUT2D eigenvalue weighted by atomic mass is 10.2. The van der Waals surface area contributed by atoms with Crippen LogP contribution >= 0.6 is 0 Å². The summed E-state index contributed by atoms with van der Waals surface area (Å²) in [4.78, 5) is 0. The Balaban J connectivity index is 4.05. The van der Waals surface area contributed by atoms with Gasteiger partial charge in [0.15, 0.2) is 0 Å². The van der Waals surface area contributed by atoms with Crippen LogP contribution in [-0.2, 0) is 22.1 Å². The van der Waals surface area contributed by atoms with Crippen molar-refractivity contribution in [1.82, 2.24) is 0 Å². The van der Waals surface area contributed by atoms with E-state index in [1.54, 1.807) is 0 Å². The van der Waals surface area contributed by atoms with Crippen LogP contribution in [0, 0.1) is 0 Å². The van der Waals surface area contributed by atoms with E-state index < -0.39 is 17.4 Å². The largest absolute Gasteiger partial charge is 0.500 e. The summed E-state index contributed by atoms with van der Waals surface area (Å²) in [6.07, 6.45) is 5.96. The molecule has 0 amide bonds. The van der Waals surface area contributed by atoms with E-state index in [0.717, 1.165) is 31.7 Å². The maximum Gasteiger partial charge on any atom is 0.500 e. The number of unbranched alkanes of at least 4 members (excludes halogenated alkanes) is 4. The van der Waals surface area contributed by atoms with E-state index in [1.807, 2.05) is 20.8 Å². The molecule has 0 aliphatic carbocycles. The van der Waals surface area contributed by atoms with Crippen molar-refractivity contribution in [3.05, 3.63) is 0 Å². The van der Waals surface area contributed by atoms with Crippen molar-refractivity contribution in [2.75, 3.05) is 33.0 Å². The summed E-state index contributed by atoms with van der Waals surface area (Å²) in [5, 5.41) is 0. The second kappa shape index (κ2) is 15.3. The Hall–Kier alpha value is 0.234. The molecule has 0 fully saturated rings. The monoisotopic (exact) mass is 394 g/mol. The SMILES string of the molecule is CCO[Si](C)(CCCCCCC[Si](OCC)(OCC)OCC)OCC. The fourth-order valence-corrected chi connectivity index (χ4v) is 8.29. The fourth-order valence-electron chi connectivity index (χ4n) is 3.12. The highest BCUT2D eigenvalue weighted by Crippen LogP contribution is 2.22. The van der Waals surface area contributed by atoms with Gasteiger partial charge in [0.2, 0.25) is 0 Å². The van der Waals surface area contributed by atoms with Gasteiger partial charge < -0.3 is 22.1 Å². The molecule has 7 heteroatoms. The Morgan fingerprint density at radius 1 is 0.480 bits per heavy atom. The molecule has 0 N–H and O–H groups in total. The molecule has 0 radical (unpaired) electrons. The molecule has 0 aromatic heterocycles. The molecule has 0 aliphatic heterocycles. The van der Waals surface area contributed by atoms with Crippen molar-refractivity contribution >= 4 is 17.4 Å². The zero-order valence-electron chi connectivity index (χ0n) is 17.5. The van der Waals surface area contributed by atoms with Crippen molar-refractivity contribution in [2.24, 2.45) is 0 Å². The fraction of sp³-hybridized carbons (Fsp3) is 1.00. The van der Waals surface area contributed by atoms with E-state index in [-0.39, 0.29) is 0 Å². The van der Waals surface area contributed by atoms with Crippen molar-refractivity contribution < 1.29 is 22.1 Å². The molecule has 152 valence electrons. The zero-order chi connectivity index (χ0) is 19.0. The summed E-state index contributed by atoms with van der Waals surface area (Å²) in [6, 6.07) is 2.01. The van der Waals surface area contributed by atoms with Gasteiger partial charge in [-0.15, -0.1) is 0 Å². The van der Waals surface area contributed by atoms with Crippen LogP contribution in [0.2, 0.25) is 18.6 Å². The predicted octanol–water partition coefficient (Wildman–Crippen LogP) is 5.13. The highest BCUT2D eigenvalue weighted by molar-refractivity contribution is 6.66. The molecule has 0 rings (SSSR count). The van der Waals surface area contributed by atoms with Crippen LogP contribution in [-0.4, -0.2) is 50.4 Å². The van der Waals surface area contributed by atoms with Gasteiger partial charge in [0.1, 0.15) is 0 Å². The van der Waals surface area contributed by atoms with E-state index in [0.29, 0.717) is 19.8 Å². The molecular weight excluding hydrogens is 352 g/mol. The topological polar surface area (TPSA) is 46.2 Å². The molecule has 0 heterocycles. The minimum absolute atomic E-state index is 0.657. The van der Waals surface area contributed by atoms with E-state index >= 15 is 0 Å². The van der Waals surface area contributed by atoms with Gasteiger partial charge in [0.05, 0.1) is 0 Å². The van der Waals surface area contributed by atoms with E-state index in [4.69, 9.17) is 22.1 Å². The average Bonchev–Trinajstić information content (AvgIpc) is 2.55. The van der Waals surface area contributed by atoms with Crippen LogP contribution in [0.15, 0.2) is 0 Å². The Bertz CT molecular complexity index is 282. The minimum Gasteiger partial charge on any atom is -0.395 e. The van der Waals surface area contributed by atoms with Gasteiger partial charge in [-0.1, -0.05) is 25.7 Å². The molecule has 25 heavy (non-hydrogen) atoms. The molecule has 0 atom stereocenters. The van der Waals surface area contributed by atoms with Crippen molar-refractivity contribution in [2.45, 2.75) is 85.4 Å². The third-order valence-electron chi connectivity index (χ3n) is 4.11. The highest BCUT2D eigenvalue weighted by Gasteiger charge is 2.39. The third kappa shape index (κ3) is 11.5.